The first-order chi connectivity index (χ1) is 8.65. The van der Waals surface area contributed by atoms with Gasteiger partial charge in [0.05, 0.1) is 0 Å². The Kier molecular flexibility index (Phi) is 4.60. The van der Waals surface area contributed by atoms with Crippen LogP contribution in [0.1, 0.15) is 19.3 Å². The number of aryl methyl sites for hydroxylation is 1. The summed E-state index contributed by atoms with van der Waals surface area (Å²) in [4.78, 5) is 4.91. The number of aromatic nitrogens is 2. The van der Waals surface area contributed by atoms with Gasteiger partial charge in [-0.1, -0.05) is 0 Å². The molecule has 1 saturated heterocycles. The second-order valence-corrected chi connectivity index (χ2v) is 5.45. The molecule has 0 amide bonds. The molecule has 1 aromatic rings. The third kappa shape index (κ3) is 3.71. The summed E-state index contributed by atoms with van der Waals surface area (Å²) in [5.41, 5.74) is 5.60. The van der Waals surface area contributed by atoms with Gasteiger partial charge >= 0.3 is 0 Å². The molecule has 1 aromatic heterocycles. The van der Waals surface area contributed by atoms with Crippen LogP contribution in [-0.4, -0.2) is 59.4 Å². The van der Waals surface area contributed by atoms with Crippen molar-refractivity contribution in [3.63, 3.8) is 0 Å². The molecule has 2 rings (SSSR count). The first kappa shape index (κ1) is 13.4. The molecule has 2 heterocycles. The van der Waals surface area contributed by atoms with Gasteiger partial charge in [-0.05, 0) is 46.0 Å². The van der Waals surface area contributed by atoms with Crippen molar-refractivity contribution in [2.24, 2.45) is 0 Å². The third-order valence-corrected chi connectivity index (χ3v) is 3.57. The van der Waals surface area contributed by atoms with Crippen molar-refractivity contribution in [1.82, 2.24) is 19.6 Å². The van der Waals surface area contributed by atoms with Crippen LogP contribution in [0.2, 0.25) is 0 Å². The number of nitrogens with zero attached hydrogens (tertiary/aromatic N) is 4. The number of likely N-dealkylation sites (N-methyl/N-ethyl adjacent to an activating group) is 1. The summed E-state index contributed by atoms with van der Waals surface area (Å²) in [5, 5.41) is 4.21. The minimum Gasteiger partial charge on any atom is -0.382 e. The Morgan fingerprint density at radius 3 is 2.94 bits per heavy atom. The molecule has 1 aliphatic rings. The van der Waals surface area contributed by atoms with Crippen molar-refractivity contribution in [1.29, 1.82) is 0 Å². The van der Waals surface area contributed by atoms with Crippen molar-refractivity contribution < 1.29 is 0 Å². The van der Waals surface area contributed by atoms with E-state index >= 15 is 0 Å². The highest BCUT2D eigenvalue weighted by Crippen LogP contribution is 2.17. The van der Waals surface area contributed by atoms with Crippen molar-refractivity contribution in [3.8, 4) is 0 Å². The molecule has 18 heavy (non-hydrogen) atoms. The second-order valence-electron chi connectivity index (χ2n) is 5.45. The lowest BCUT2D eigenvalue weighted by atomic mass is 10.2. The Labute approximate surface area is 110 Å². The van der Waals surface area contributed by atoms with Gasteiger partial charge in [0.2, 0.25) is 0 Å². The molecule has 0 spiro atoms. The van der Waals surface area contributed by atoms with Gasteiger partial charge in [0.25, 0.3) is 0 Å². The fourth-order valence-corrected chi connectivity index (χ4v) is 2.76. The van der Waals surface area contributed by atoms with E-state index < -0.39 is 0 Å². The quantitative estimate of drug-likeness (QED) is 0.815. The van der Waals surface area contributed by atoms with Crippen LogP contribution in [0.3, 0.4) is 0 Å². The van der Waals surface area contributed by atoms with Crippen molar-refractivity contribution >= 4 is 5.82 Å². The van der Waals surface area contributed by atoms with Gasteiger partial charge < -0.3 is 10.6 Å². The maximum Gasteiger partial charge on any atom is 0.145 e. The van der Waals surface area contributed by atoms with Crippen molar-refractivity contribution in [2.75, 3.05) is 39.5 Å². The van der Waals surface area contributed by atoms with Gasteiger partial charge in [-0.2, -0.15) is 5.10 Å². The van der Waals surface area contributed by atoms with E-state index in [1.165, 1.54) is 25.9 Å². The Balaban J connectivity index is 1.72. The number of hydrogen-bond acceptors (Lipinski definition) is 4. The van der Waals surface area contributed by atoms with Crippen LogP contribution < -0.4 is 5.73 Å². The molecule has 0 bridgehead atoms. The number of anilines is 1. The molecule has 1 aliphatic heterocycles. The Morgan fingerprint density at radius 2 is 2.28 bits per heavy atom. The molecule has 0 aliphatic carbocycles. The van der Waals surface area contributed by atoms with Crippen molar-refractivity contribution in [3.05, 3.63) is 12.3 Å². The molecular weight excluding hydrogens is 226 g/mol. The molecule has 0 radical (unpaired) electrons. The molecule has 0 aromatic carbocycles. The van der Waals surface area contributed by atoms with E-state index in [0.29, 0.717) is 5.82 Å². The van der Waals surface area contributed by atoms with Gasteiger partial charge in [-0.25, -0.2) is 0 Å². The normalized spacial score (nSPS) is 20.9. The van der Waals surface area contributed by atoms with Crippen LogP contribution in [0.4, 0.5) is 5.82 Å². The molecule has 1 unspecified atom stereocenters. The first-order valence-electron chi connectivity index (χ1n) is 6.83. The predicted molar refractivity (Wildman–Crippen MR) is 74.4 cm³/mol. The van der Waals surface area contributed by atoms with E-state index in [1.807, 2.05) is 16.9 Å². The van der Waals surface area contributed by atoms with E-state index in [4.69, 9.17) is 5.73 Å². The van der Waals surface area contributed by atoms with Gasteiger partial charge in [0, 0.05) is 31.9 Å². The lowest BCUT2D eigenvalue weighted by molar-refractivity contribution is 0.202. The predicted octanol–water partition coefficient (Wildman–Crippen LogP) is 0.881. The summed E-state index contributed by atoms with van der Waals surface area (Å²) in [6, 6.07) is 2.59. The highest BCUT2D eigenvalue weighted by Gasteiger charge is 2.23. The molecule has 5 heteroatoms. The highest BCUT2D eigenvalue weighted by molar-refractivity contribution is 5.23. The summed E-state index contributed by atoms with van der Waals surface area (Å²) >= 11 is 0. The Hall–Kier alpha value is -1.07. The number of rotatable bonds is 6. The monoisotopic (exact) mass is 251 g/mol. The SMILES string of the molecule is CN(C)CC1CCCN1CCCn1ccc(N)n1. The fourth-order valence-electron chi connectivity index (χ4n) is 2.76. The molecular formula is C13H25N5. The zero-order valence-electron chi connectivity index (χ0n) is 11.5. The number of hydrogen-bond donors (Lipinski definition) is 1. The molecule has 102 valence electrons. The smallest absolute Gasteiger partial charge is 0.145 e. The van der Waals surface area contributed by atoms with Gasteiger partial charge in [0.1, 0.15) is 5.82 Å². The van der Waals surface area contributed by atoms with Gasteiger partial charge in [-0.3, -0.25) is 9.58 Å². The zero-order valence-corrected chi connectivity index (χ0v) is 11.5. The van der Waals surface area contributed by atoms with Crippen LogP contribution in [0.15, 0.2) is 12.3 Å². The number of nitrogen functional groups attached to an aromatic ring is 1. The maximum absolute atomic E-state index is 5.60. The zero-order chi connectivity index (χ0) is 13.0. The molecule has 0 saturated carbocycles. The Bertz CT molecular complexity index is 360. The first-order valence-corrected chi connectivity index (χ1v) is 6.83. The summed E-state index contributed by atoms with van der Waals surface area (Å²) < 4.78 is 1.94. The van der Waals surface area contributed by atoms with Crippen LogP contribution in [0, 0.1) is 0 Å². The average molecular weight is 251 g/mol. The summed E-state index contributed by atoms with van der Waals surface area (Å²) in [7, 11) is 4.31. The lowest BCUT2D eigenvalue weighted by Gasteiger charge is -2.26. The van der Waals surface area contributed by atoms with E-state index in [-0.39, 0.29) is 0 Å². The Morgan fingerprint density at radius 1 is 1.44 bits per heavy atom. The minimum atomic E-state index is 0.613. The molecule has 5 nitrogen and oxygen atoms in total. The van der Waals surface area contributed by atoms with Crippen LogP contribution in [0.25, 0.3) is 0 Å². The number of nitrogens with two attached hydrogens (primary N) is 1. The highest BCUT2D eigenvalue weighted by atomic mass is 15.3. The van der Waals surface area contributed by atoms with E-state index in [2.05, 4.69) is 29.0 Å². The minimum absolute atomic E-state index is 0.613. The van der Waals surface area contributed by atoms with E-state index in [0.717, 1.165) is 25.6 Å². The van der Waals surface area contributed by atoms with Gasteiger partial charge in [0.15, 0.2) is 0 Å². The second kappa shape index (κ2) is 6.20. The summed E-state index contributed by atoms with van der Waals surface area (Å²) in [5.74, 6) is 0.613. The molecule has 2 N–H and O–H groups in total. The van der Waals surface area contributed by atoms with E-state index in [9.17, 15) is 0 Å². The largest absolute Gasteiger partial charge is 0.382 e. The fraction of sp³-hybridized carbons (Fsp3) is 0.769. The molecule has 1 fully saturated rings. The third-order valence-electron chi connectivity index (χ3n) is 3.57. The standard InChI is InChI=1S/C13H25N5/c1-16(2)11-12-5-3-7-17(12)8-4-9-18-10-6-13(14)15-18/h6,10,12H,3-5,7-9,11H2,1-2H3,(H2,14,15). The van der Waals surface area contributed by atoms with E-state index in [1.54, 1.807) is 0 Å². The number of likely N-dealkylation sites (tertiary alicyclic amines) is 1. The summed E-state index contributed by atoms with van der Waals surface area (Å²) in [6.07, 6.45) is 5.78. The van der Waals surface area contributed by atoms with Gasteiger partial charge in [-0.15, -0.1) is 0 Å². The average Bonchev–Trinajstić information content (AvgIpc) is 2.88. The van der Waals surface area contributed by atoms with Crippen LogP contribution in [-0.2, 0) is 6.54 Å². The maximum atomic E-state index is 5.60. The van der Waals surface area contributed by atoms with Crippen LogP contribution in [0.5, 0.6) is 0 Å². The topological polar surface area (TPSA) is 50.3 Å². The van der Waals surface area contributed by atoms with Crippen LogP contribution >= 0.6 is 0 Å². The summed E-state index contributed by atoms with van der Waals surface area (Å²) in [6.45, 7) is 4.55. The lowest BCUT2D eigenvalue weighted by Crippen LogP contribution is -2.38. The molecule has 1 atom stereocenters. The van der Waals surface area contributed by atoms with Crippen molar-refractivity contribution in [2.45, 2.75) is 31.8 Å².